The Labute approximate surface area is 100 Å². The van der Waals surface area contributed by atoms with E-state index in [4.69, 9.17) is 23.2 Å². The number of carbonyl (C=O) groups is 1. The molecule has 0 fully saturated rings. The van der Waals surface area contributed by atoms with Crippen LogP contribution >= 0.6 is 23.2 Å². The lowest BCUT2D eigenvalue weighted by molar-refractivity contribution is -0.118. The maximum Gasteiger partial charge on any atom is 0.137 e. The highest BCUT2D eigenvalue weighted by atomic mass is 35.5. The Morgan fingerprint density at radius 3 is 2.60 bits per heavy atom. The van der Waals surface area contributed by atoms with E-state index in [9.17, 15) is 4.79 Å². The highest BCUT2D eigenvalue weighted by Gasteiger charge is 2.05. The number of carbonyl (C=O) groups excluding carboxylic acids is 1. The first-order chi connectivity index (χ1) is 7.13. The van der Waals surface area contributed by atoms with Crippen LogP contribution in [-0.2, 0) is 11.2 Å². The lowest BCUT2D eigenvalue weighted by Gasteiger charge is -2.02. The van der Waals surface area contributed by atoms with Crippen LogP contribution < -0.4 is 0 Å². The molecule has 1 nitrogen and oxygen atoms in total. The van der Waals surface area contributed by atoms with Gasteiger partial charge in [-0.25, -0.2) is 0 Å². The minimum Gasteiger partial charge on any atom is -0.299 e. The van der Waals surface area contributed by atoms with E-state index in [2.05, 4.69) is 6.92 Å². The quantitative estimate of drug-likeness (QED) is 0.756. The van der Waals surface area contributed by atoms with E-state index in [1.54, 1.807) is 12.1 Å². The van der Waals surface area contributed by atoms with Crippen LogP contribution in [0.4, 0.5) is 0 Å². The molecule has 0 radical (unpaired) electrons. The fraction of sp³-hybridized carbons (Fsp3) is 0.417. The van der Waals surface area contributed by atoms with Gasteiger partial charge in [-0.2, -0.15) is 0 Å². The van der Waals surface area contributed by atoms with Crippen LogP contribution in [-0.4, -0.2) is 5.78 Å². The van der Waals surface area contributed by atoms with Crippen molar-refractivity contribution in [3.8, 4) is 0 Å². The van der Waals surface area contributed by atoms with Gasteiger partial charge in [0.05, 0.1) is 10.0 Å². The Balaban J connectivity index is 2.57. The summed E-state index contributed by atoms with van der Waals surface area (Å²) in [5.74, 6) is 0.259. The lowest BCUT2D eigenvalue weighted by Crippen LogP contribution is -2.02. The van der Waals surface area contributed by atoms with Crippen LogP contribution in [0.15, 0.2) is 18.2 Å². The maximum absolute atomic E-state index is 11.5. The minimum absolute atomic E-state index is 0.259. The Morgan fingerprint density at radius 1 is 1.27 bits per heavy atom. The standard InChI is InChI=1S/C12H14Cl2O/c1-2-3-4-10(15)7-9-5-6-11(13)12(14)8-9/h5-6,8H,2-4,7H2,1H3. The van der Waals surface area contributed by atoms with Gasteiger partial charge >= 0.3 is 0 Å². The van der Waals surface area contributed by atoms with Crippen LogP contribution in [0.25, 0.3) is 0 Å². The normalized spacial score (nSPS) is 10.3. The van der Waals surface area contributed by atoms with E-state index < -0.39 is 0 Å². The van der Waals surface area contributed by atoms with Crippen LogP contribution in [0.3, 0.4) is 0 Å². The van der Waals surface area contributed by atoms with Gasteiger partial charge in [-0.3, -0.25) is 4.79 Å². The third kappa shape index (κ3) is 4.23. The largest absolute Gasteiger partial charge is 0.299 e. The molecular weight excluding hydrogens is 231 g/mol. The van der Waals surface area contributed by atoms with Gasteiger partial charge in [-0.05, 0) is 24.1 Å². The zero-order valence-corrected chi connectivity index (χ0v) is 10.2. The summed E-state index contributed by atoms with van der Waals surface area (Å²) in [5.41, 5.74) is 0.936. The van der Waals surface area contributed by atoms with Gasteiger partial charge in [0, 0.05) is 12.8 Å². The first-order valence-corrected chi connectivity index (χ1v) is 5.84. The van der Waals surface area contributed by atoms with Crippen LogP contribution in [0.5, 0.6) is 0 Å². The summed E-state index contributed by atoms with van der Waals surface area (Å²) in [6.45, 7) is 2.08. The number of benzene rings is 1. The highest BCUT2D eigenvalue weighted by Crippen LogP contribution is 2.23. The predicted octanol–water partition coefficient (Wildman–Crippen LogP) is 4.30. The number of rotatable bonds is 5. The maximum atomic E-state index is 11.5. The van der Waals surface area contributed by atoms with Gasteiger partial charge in [0.1, 0.15) is 5.78 Å². The second-order valence-electron chi connectivity index (χ2n) is 3.57. The average molecular weight is 245 g/mol. The molecule has 0 aliphatic carbocycles. The van der Waals surface area contributed by atoms with Gasteiger partial charge < -0.3 is 0 Å². The molecule has 82 valence electrons. The van der Waals surface area contributed by atoms with Crippen LogP contribution in [0.1, 0.15) is 31.7 Å². The van der Waals surface area contributed by atoms with Crippen molar-refractivity contribution >= 4 is 29.0 Å². The Hall–Kier alpha value is -0.530. The SMILES string of the molecule is CCCCC(=O)Cc1ccc(Cl)c(Cl)c1. The van der Waals surface area contributed by atoms with E-state index in [0.29, 0.717) is 22.9 Å². The molecule has 0 saturated carbocycles. The summed E-state index contributed by atoms with van der Waals surface area (Å²) < 4.78 is 0. The molecule has 0 heterocycles. The number of hydrogen-bond donors (Lipinski definition) is 0. The number of halogens is 2. The van der Waals surface area contributed by atoms with Gasteiger partial charge in [-0.1, -0.05) is 42.6 Å². The molecule has 0 amide bonds. The molecule has 0 atom stereocenters. The Kier molecular flexibility index (Phi) is 5.13. The van der Waals surface area contributed by atoms with Crippen molar-refractivity contribution in [2.75, 3.05) is 0 Å². The summed E-state index contributed by atoms with van der Waals surface area (Å²) in [6, 6.07) is 5.33. The van der Waals surface area contributed by atoms with Crippen molar-refractivity contribution in [1.82, 2.24) is 0 Å². The van der Waals surface area contributed by atoms with Crippen LogP contribution in [0.2, 0.25) is 10.0 Å². The molecule has 1 rings (SSSR count). The second-order valence-corrected chi connectivity index (χ2v) is 4.38. The molecule has 0 aliphatic heterocycles. The van der Waals surface area contributed by atoms with E-state index in [1.807, 2.05) is 6.07 Å². The van der Waals surface area contributed by atoms with Crippen molar-refractivity contribution in [2.45, 2.75) is 32.6 Å². The highest BCUT2D eigenvalue weighted by molar-refractivity contribution is 6.42. The zero-order valence-electron chi connectivity index (χ0n) is 8.72. The summed E-state index contributed by atoms with van der Waals surface area (Å²) in [4.78, 5) is 11.5. The monoisotopic (exact) mass is 244 g/mol. The number of Topliss-reactive ketones (excluding diaryl/α,β-unsaturated/α-hetero) is 1. The van der Waals surface area contributed by atoms with Gasteiger partial charge in [0.2, 0.25) is 0 Å². The van der Waals surface area contributed by atoms with Gasteiger partial charge in [0.25, 0.3) is 0 Å². The second kappa shape index (κ2) is 6.14. The van der Waals surface area contributed by atoms with Gasteiger partial charge in [0.15, 0.2) is 0 Å². The molecule has 3 heteroatoms. The molecule has 0 N–H and O–H groups in total. The fourth-order valence-electron chi connectivity index (χ4n) is 1.34. The smallest absolute Gasteiger partial charge is 0.137 e. The van der Waals surface area contributed by atoms with Crippen molar-refractivity contribution in [3.05, 3.63) is 33.8 Å². The summed E-state index contributed by atoms with van der Waals surface area (Å²) in [5, 5.41) is 1.04. The zero-order chi connectivity index (χ0) is 11.3. The molecule has 1 aromatic rings. The van der Waals surface area contributed by atoms with Crippen molar-refractivity contribution < 1.29 is 4.79 Å². The van der Waals surface area contributed by atoms with Crippen molar-refractivity contribution in [2.24, 2.45) is 0 Å². The number of hydrogen-bond acceptors (Lipinski definition) is 1. The Morgan fingerprint density at radius 2 is 2.00 bits per heavy atom. The van der Waals surface area contributed by atoms with E-state index in [0.717, 1.165) is 18.4 Å². The first kappa shape index (κ1) is 12.5. The topological polar surface area (TPSA) is 17.1 Å². The molecule has 1 aromatic carbocycles. The molecule has 0 bridgehead atoms. The molecule has 0 unspecified atom stereocenters. The number of ketones is 1. The summed E-state index contributed by atoms with van der Waals surface area (Å²) >= 11 is 11.6. The van der Waals surface area contributed by atoms with Crippen molar-refractivity contribution in [1.29, 1.82) is 0 Å². The summed E-state index contributed by atoms with van der Waals surface area (Å²) in [7, 11) is 0. The predicted molar refractivity (Wildman–Crippen MR) is 64.7 cm³/mol. The van der Waals surface area contributed by atoms with E-state index in [1.165, 1.54) is 0 Å². The van der Waals surface area contributed by atoms with Gasteiger partial charge in [-0.15, -0.1) is 0 Å². The molecule has 0 spiro atoms. The molecular formula is C12H14Cl2O. The third-order valence-corrected chi connectivity index (χ3v) is 2.93. The fourth-order valence-corrected chi connectivity index (χ4v) is 1.66. The van der Waals surface area contributed by atoms with E-state index >= 15 is 0 Å². The first-order valence-electron chi connectivity index (χ1n) is 5.09. The molecule has 0 aromatic heterocycles. The minimum atomic E-state index is 0.259. The molecule has 15 heavy (non-hydrogen) atoms. The Bertz CT molecular complexity index is 347. The third-order valence-electron chi connectivity index (χ3n) is 2.19. The lowest BCUT2D eigenvalue weighted by atomic mass is 10.1. The van der Waals surface area contributed by atoms with Crippen molar-refractivity contribution in [3.63, 3.8) is 0 Å². The molecule has 0 saturated heterocycles. The average Bonchev–Trinajstić information content (AvgIpc) is 2.20. The summed E-state index contributed by atoms with van der Waals surface area (Å²) in [6.07, 6.45) is 3.11. The number of unbranched alkanes of at least 4 members (excludes halogenated alkanes) is 1. The van der Waals surface area contributed by atoms with E-state index in [-0.39, 0.29) is 5.78 Å². The van der Waals surface area contributed by atoms with Crippen LogP contribution in [0, 0.1) is 0 Å². The molecule has 0 aliphatic rings.